The summed E-state index contributed by atoms with van der Waals surface area (Å²) < 4.78 is 38.1. The van der Waals surface area contributed by atoms with E-state index < -0.39 is 10.0 Å². The molecule has 9 heteroatoms. The number of rotatable bonds is 7. The van der Waals surface area contributed by atoms with E-state index in [0.29, 0.717) is 11.5 Å². The summed E-state index contributed by atoms with van der Waals surface area (Å²) in [5, 5.41) is 2.89. The van der Waals surface area contributed by atoms with Crippen LogP contribution in [0.15, 0.2) is 40.6 Å². The van der Waals surface area contributed by atoms with E-state index in [9.17, 15) is 8.42 Å². The SMILES string of the molecule is COc1ccc(S(=O)(=O)NCc2sc(-c3cccs3)nc2C)cc1OC. The van der Waals surface area contributed by atoms with Gasteiger partial charge in [0.1, 0.15) is 5.01 Å². The van der Waals surface area contributed by atoms with Crippen molar-refractivity contribution in [2.45, 2.75) is 18.4 Å². The number of ether oxygens (including phenoxy) is 2. The molecule has 6 nitrogen and oxygen atoms in total. The van der Waals surface area contributed by atoms with E-state index in [0.717, 1.165) is 20.5 Å². The molecule has 0 amide bonds. The summed E-state index contributed by atoms with van der Waals surface area (Å²) >= 11 is 3.10. The zero-order valence-electron chi connectivity index (χ0n) is 14.5. The molecular weight excluding hydrogens is 392 g/mol. The van der Waals surface area contributed by atoms with Crippen LogP contribution in [0.25, 0.3) is 9.88 Å². The number of nitrogens with one attached hydrogen (secondary N) is 1. The molecule has 0 bridgehead atoms. The van der Waals surface area contributed by atoms with Crippen LogP contribution >= 0.6 is 22.7 Å². The maximum Gasteiger partial charge on any atom is 0.241 e. The van der Waals surface area contributed by atoms with E-state index >= 15 is 0 Å². The molecule has 138 valence electrons. The average Bonchev–Trinajstić information content (AvgIpc) is 3.29. The van der Waals surface area contributed by atoms with Crippen LogP contribution in [0.3, 0.4) is 0 Å². The first-order valence-electron chi connectivity index (χ1n) is 7.66. The molecular formula is C17H18N2O4S3. The number of benzene rings is 1. The highest BCUT2D eigenvalue weighted by Crippen LogP contribution is 2.32. The molecule has 0 radical (unpaired) electrons. The van der Waals surface area contributed by atoms with Gasteiger partial charge in [0, 0.05) is 17.5 Å². The Balaban J connectivity index is 1.79. The van der Waals surface area contributed by atoms with Gasteiger partial charge in [0.2, 0.25) is 10.0 Å². The minimum Gasteiger partial charge on any atom is -0.493 e. The molecule has 0 saturated carbocycles. The lowest BCUT2D eigenvalue weighted by Crippen LogP contribution is -2.23. The van der Waals surface area contributed by atoms with Crippen molar-refractivity contribution in [1.82, 2.24) is 9.71 Å². The van der Waals surface area contributed by atoms with Gasteiger partial charge < -0.3 is 9.47 Å². The fourth-order valence-electron chi connectivity index (χ4n) is 2.33. The minimum absolute atomic E-state index is 0.121. The standard InChI is InChI=1S/C17H18N2O4S3/c1-11-16(25-17(19-11)15-5-4-8-24-15)10-18-26(20,21)12-6-7-13(22-2)14(9-12)23-3/h4-9,18H,10H2,1-3H3. The fraction of sp³-hybridized carbons (Fsp3) is 0.235. The summed E-state index contributed by atoms with van der Waals surface area (Å²) in [6.07, 6.45) is 0. The molecule has 0 spiro atoms. The number of thiazole rings is 1. The number of aromatic nitrogens is 1. The average molecular weight is 411 g/mol. The summed E-state index contributed by atoms with van der Waals surface area (Å²) in [5.74, 6) is 0.842. The normalized spacial score (nSPS) is 11.5. The van der Waals surface area contributed by atoms with E-state index in [4.69, 9.17) is 9.47 Å². The maximum absolute atomic E-state index is 12.6. The van der Waals surface area contributed by atoms with Crippen LogP contribution in [0, 0.1) is 6.92 Å². The molecule has 2 aromatic heterocycles. The summed E-state index contributed by atoms with van der Waals surface area (Å²) in [6, 6.07) is 8.47. The van der Waals surface area contributed by atoms with E-state index in [-0.39, 0.29) is 11.4 Å². The van der Waals surface area contributed by atoms with Crippen LogP contribution in [0.5, 0.6) is 11.5 Å². The molecule has 0 aliphatic heterocycles. The molecule has 1 N–H and O–H groups in total. The van der Waals surface area contributed by atoms with Crippen LogP contribution in [0.4, 0.5) is 0 Å². The molecule has 0 unspecified atom stereocenters. The predicted molar refractivity (Wildman–Crippen MR) is 104 cm³/mol. The number of thiophene rings is 1. The van der Waals surface area contributed by atoms with Gasteiger partial charge >= 0.3 is 0 Å². The van der Waals surface area contributed by atoms with Crippen LogP contribution in [0.1, 0.15) is 10.6 Å². The van der Waals surface area contributed by atoms with Gasteiger partial charge in [0.25, 0.3) is 0 Å². The van der Waals surface area contributed by atoms with Gasteiger partial charge in [-0.15, -0.1) is 22.7 Å². The third-order valence-electron chi connectivity index (χ3n) is 3.71. The van der Waals surface area contributed by atoms with Crippen LogP contribution in [0.2, 0.25) is 0 Å². The van der Waals surface area contributed by atoms with E-state index in [1.807, 2.05) is 24.4 Å². The quantitative estimate of drug-likeness (QED) is 0.643. The molecule has 0 aliphatic rings. The van der Waals surface area contributed by atoms with Crippen LogP contribution < -0.4 is 14.2 Å². The molecule has 0 fully saturated rings. The topological polar surface area (TPSA) is 77.5 Å². The second kappa shape index (κ2) is 7.75. The van der Waals surface area contributed by atoms with Gasteiger partial charge in [-0.25, -0.2) is 18.1 Å². The molecule has 26 heavy (non-hydrogen) atoms. The molecule has 0 aliphatic carbocycles. The Labute approximate surface area is 160 Å². The summed E-state index contributed by atoms with van der Waals surface area (Å²) in [6.45, 7) is 2.07. The smallest absolute Gasteiger partial charge is 0.241 e. The number of methoxy groups -OCH3 is 2. The lowest BCUT2D eigenvalue weighted by atomic mass is 10.3. The molecule has 1 aromatic carbocycles. The molecule has 3 aromatic rings. The number of aryl methyl sites for hydroxylation is 1. The highest BCUT2D eigenvalue weighted by Gasteiger charge is 2.18. The maximum atomic E-state index is 12.6. The van der Waals surface area contributed by atoms with E-state index in [1.54, 1.807) is 17.4 Å². The van der Waals surface area contributed by atoms with Crippen LogP contribution in [-0.4, -0.2) is 27.6 Å². The third-order valence-corrected chi connectivity index (χ3v) is 7.31. The van der Waals surface area contributed by atoms with Crippen molar-refractivity contribution in [3.8, 4) is 21.4 Å². The van der Waals surface area contributed by atoms with Gasteiger partial charge in [0.15, 0.2) is 11.5 Å². The first-order chi connectivity index (χ1) is 12.4. The molecule has 0 saturated heterocycles. The summed E-state index contributed by atoms with van der Waals surface area (Å²) in [5.41, 5.74) is 0.827. The molecule has 0 atom stereocenters. The lowest BCUT2D eigenvalue weighted by molar-refractivity contribution is 0.354. The van der Waals surface area contributed by atoms with Crippen molar-refractivity contribution < 1.29 is 17.9 Å². The number of hydrogen-bond donors (Lipinski definition) is 1. The van der Waals surface area contributed by atoms with Crippen LogP contribution in [-0.2, 0) is 16.6 Å². The minimum atomic E-state index is -3.68. The number of nitrogens with zero attached hydrogens (tertiary/aromatic N) is 1. The van der Waals surface area contributed by atoms with E-state index in [2.05, 4.69) is 9.71 Å². The van der Waals surface area contributed by atoms with Crippen molar-refractivity contribution in [2.24, 2.45) is 0 Å². The van der Waals surface area contributed by atoms with Crippen molar-refractivity contribution in [1.29, 1.82) is 0 Å². The van der Waals surface area contributed by atoms with Gasteiger partial charge in [-0.2, -0.15) is 0 Å². The van der Waals surface area contributed by atoms with Crippen molar-refractivity contribution in [2.75, 3.05) is 14.2 Å². The summed E-state index contributed by atoms with van der Waals surface area (Å²) in [7, 11) is -0.713. The van der Waals surface area contributed by atoms with Crippen molar-refractivity contribution >= 4 is 32.7 Å². The second-order valence-electron chi connectivity index (χ2n) is 5.35. The van der Waals surface area contributed by atoms with Crippen molar-refractivity contribution in [3.63, 3.8) is 0 Å². The Hall–Kier alpha value is -1.94. The Morgan fingerprint density at radius 3 is 2.58 bits per heavy atom. The Kier molecular flexibility index (Phi) is 5.61. The lowest BCUT2D eigenvalue weighted by Gasteiger charge is -2.10. The van der Waals surface area contributed by atoms with Gasteiger partial charge in [-0.05, 0) is 30.5 Å². The van der Waals surface area contributed by atoms with Gasteiger partial charge in [-0.1, -0.05) is 6.07 Å². The number of sulfonamides is 1. The predicted octanol–water partition coefficient (Wildman–Crippen LogP) is 3.68. The largest absolute Gasteiger partial charge is 0.493 e. The molecule has 2 heterocycles. The highest BCUT2D eigenvalue weighted by atomic mass is 32.2. The van der Waals surface area contributed by atoms with Crippen molar-refractivity contribution in [3.05, 3.63) is 46.3 Å². The Morgan fingerprint density at radius 1 is 1.15 bits per heavy atom. The fourth-order valence-corrected chi connectivity index (χ4v) is 5.23. The number of hydrogen-bond acceptors (Lipinski definition) is 7. The first kappa shape index (κ1) is 18.8. The first-order valence-corrected chi connectivity index (χ1v) is 10.8. The summed E-state index contributed by atoms with van der Waals surface area (Å²) in [4.78, 5) is 6.62. The Bertz CT molecular complexity index is 995. The Morgan fingerprint density at radius 2 is 1.92 bits per heavy atom. The highest BCUT2D eigenvalue weighted by molar-refractivity contribution is 7.89. The monoisotopic (exact) mass is 410 g/mol. The van der Waals surface area contributed by atoms with E-state index in [1.165, 1.54) is 37.7 Å². The molecule has 3 rings (SSSR count). The van der Waals surface area contributed by atoms with Gasteiger partial charge in [0.05, 0.1) is 29.7 Å². The van der Waals surface area contributed by atoms with Gasteiger partial charge in [-0.3, -0.25) is 0 Å². The zero-order chi connectivity index (χ0) is 18.7. The zero-order valence-corrected chi connectivity index (χ0v) is 16.9. The third kappa shape index (κ3) is 3.90. The second-order valence-corrected chi connectivity index (χ2v) is 9.14.